The van der Waals surface area contributed by atoms with Crippen molar-refractivity contribution in [1.29, 1.82) is 0 Å². The van der Waals surface area contributed by atoms with Gasteiger partial charge in [0.25, 0.3) is 6.47 Å². The summed E-state index contributed by atoms with van der Waals surface area (Å²) in [5.74, 6) is 0.608. The molecule has 1 heterocycles. The molecule has 0 aliphatic carbocycles. The first-order valence-corrected chi connectivity index (χ1v) is 5.21. The standard InChI is InChI=1S/C12H14N2O3/c1-7(17-6-15)9-5-14-11-4-10(13)12(16-2)3-8(9)11/h3-7,14H,13H2,1-2H3. The smallest absolute Gasteiger partial charge is 0.293 e. The number of fused-ring (bicyclic) bond motifs is 1. The van der Waals surface area contributed by atoms with Crippen LogP contribution in [-0.4, -0.2) is 18.6 Å². The molecule has 1 aromatic heterocycles. The monoisotopic (exact) mass is 234 g/mol. The van der Waals surface area contributed by atoms with Crippen molar-refractivity contribution >= 4 is 23.1 Å². The number of hydrogen-bond donors (Lipinski definition) is 2. The average Bonchev–Trinajstić information content (AvgIpc) is 2.70. The first-order chi connectivity index (χ1) is 8.17. The average molecular weight is 234 g/mol. The summed E-state index contributed by atoms with van der Waals surface area (Å²) in [7, 11) is 1.56. The van der Waals surface area contributed by atoms with E-state index in [0.29, 0.717) is 17.9 Å². The summed E-state index contributed by atoms with van der Waals surface area (Å²) in [6.45, 7) is 2.25. The van der Waals surface area contributed by atoms with Crippen molar-refractivity contribution in [2.24, 2.45) is 0 Å². The van der Waals surface area contributed by atoms with Gasteiger partial charge < -0.3 is 20.2 Å². The van der Waals surface area contributed by atoms with Gasteiger partial charge in [-0.3, -0.25) is 4.79 Å². The molecule has 90 valence electrons. The highest BCUT2D eigenvalue weighted by molar-refractivity contribution is 5.89. The van der Waals surface area contributed by atoms with Crippen molar-refractivity contribution in [3.05, 3.63) is 23.9 Å². The van der Waals surface area contributed by atoms with Gasteiger partial charge in [-0.2, -0.15) is 0 Å². The van der Waals surface area contributed by atoms with Crippen molar-refractivity contribution in [3.8, 4) is 5.75 Å². The molecule has 0 aliphatic rings. The van der Waals surface area contributed by atoms with E-state index in [1.807, 2.05) is 6.07 Å². The number of aromatic amines is 1. The molecule has 1 unspecified atom stereocenters. The molecule has 1 atom stereocenters. The molecular weight excluding hydrogens is 220 g/mol. The molecule has 0 amide bonds. The van der Waals surface area contributed by atoms with Crippen LogP contribution in [0.15, 0.2) is 18.3 Å². The van der Waals surface area contributed by atoms with Crippen molar-refractivity contribution in [3.63, 3.8) is 0 Å². The third kappa shape index (κ3) is 1.91. The number of benzene rings is 1. The molecule has 17 heavy (non-hydrogen) atoms. The Morgan fingerprint density at radius 2 is 2.24 bits per heavy atom. The minimum Gasteiger partial charge on any atom is -0.495 e. The Bertz CT molecular complexity index is 548. The quantitative estimate of drug-likeness (QED) is 0.626. The van der Waals surface area contributed by atoms with Crippen LogP contribution in [0.1, 0.15) is 18.6 Å². The van der Waals surface area contributed by atoms with E-state index in [1.54, 1.807) is 26.3 Å². The zero-order valence-corrected chi connectivity index (χ0v) is 9.69. The molecule has 0 bridgehead atoms. The van der Waals surface area contributed by atoms with E-state index in [1.165, 1.54) is 0 Å². The summed E-state index contributed by atoms with van der Waals surface area (Å²) in [4.78, 5) is 13.4. The minimum atomic E-state index is -0.311. The number of methoxy groups -OCH3 is 1. The van der Waals surface area contributed by atoms with E-state index >= 15 is 0 Å². The molecule has 0 spiro atoms. The SMILES string of the molecule is COc1cc2c(C(C)OC=O)c[nH]c2cc1N. The van der Waals surface area contributed by atoms with Gasteiger partial charge in [-0.1, -0.05) is 0 Å². The molecule has 3 N–H and O–H groups in total. The number of anilines is 1. The van der Waals surface area contributed by atoms with Crippen LogP contribution in [0.4, 0.5) is 5.69 Å². The van der Waals surface area contributed by atoms with Crippen LogP contribution in [0.25, 0.3) is 10.9 Å². The highest BCUT2D eigenvalue weighted by atomic mass is 16.5. The number of hydrogen-bond acceptors (Lipinski definition) is 4. The summed E-state index contributed by atoms with van der Waals surface area (Å²) in [5, 5.41) is 0.936. The van der Waals surface area contributed by atoms with Gasteiger partial charge in [0.2, 0.25) is 0 Å². The van der Waals surface area contributed by atoms with Gasteiger partial charge in [-0.05, 0) is 19.1 Å². The maximum absolute atomic E-state index is 10.3. The maximum atomic E-state index is 10.3. The second kappa shape index (κ2) is 4.37. The highest BCUT2D eigenvalue weighted by Crippen LogP contribution is 2.32. The third-order valence-corrected chi connectivity index (χ3v) is 2.76. The number of nitrogen functional groups attached to an aromatic ring is 1. The fourth-order valence-electron chi connectivity index (χ4n) is 1.86. The van der Waals surface area contributed by atoms with E-state index in [4.69, 9.17) is 15.2 Å². The van der Waals surface area contributed by atoms with Gasteiger partial charge in [0, 0.05) is 22.7 Å². The molecule has 5 nitrogen and oxygen atoms in total. The summed E-state index contributed by atoms with van der Waals surface area (Å²) in [6, 6.07) is 3.63. The van der Waals surface area contributed by atoms with Crippen molar-refractivity contribution in [1.82, 2.24) is 4.98 Å². The number of rotatable bonds is 4. The van der Waals surface area contributed by atoms with E-state index < -0.39 is 0 Å². The predicted octanol–water partition coefficient (Wildman–Crippen LogP) is 1.99. The second-order valence-corrected chi connectivity index (χ2v) is 3.76. The van der Waals surface area contributed by atoms with Gasteiger partial charge in [0.15, 0.2) is 0 Å². The number of carbonyl (C=O) groups excluding carboxylic acids is 1. The molecule has 0 saturated heterocycles. The molecule has 0 aliphatic heterocycles. The number of nitrogens with one attached hydrogen (secondary N) is 1. The van der Waals surface area contributed by atoms with Crippen molar-refractivity contribution < 1.29 is 14.3 Å². The first-order valence-electron chi connectivity index (χ1n) is 5.21. The van der Waals surface area contributed by atoms with Crippen LogP contribution >= 0.6 is 0 Å². The molecule has 2 aromatic rings. The predicted molar refractivity (Wildman–Crippen MR) is 64.8 cm³/mol. The molecule has 0 saturated carbocycles. The number of H-pyrrole nitrogens is 1. The Hall–Kier alpha value is -2.17. The van der Waals surface area contributed by atoms with E-state index in [9.17, 15) is 4.79 Å². The van der Waals surface area contributed by atoms with Crippen molar-refractivity contribution in [2.75, 3.05) is 12.8 Å². The molecule has 0 radical (unpaired) electrons. The van der Waals surface area contributed by atoms with E-state index in [2.05, 4.69) is 4.98 Å². The van der Waals surface area contributed by atoms with Gasteiger partial charge in [-0.25, -0.2) is 0 Å². The maximum Gasteiger partial charge on any atom is 0.293 e. The first kappa shape index (κ1) is 11.3. The molecule has 5 heteroatoms. The number of aromatic nitrogens is 1. The van der Waals surface area contributed by atoms with Crippen LogP contribution < -0.4 is 10.5 Å². The van der Waals surface area contributed by atoms with Gasteiger partial charge in [0.05, 0.1) is 12.8 Å². The summed E-state index contributed by atoms with van der Waals surface area (Å²) >= 11 is 0. The fraction of sp³-hybridized carbons (Fsp3) is 0.250. The van der Waals surface area contributed by atoms with Crippen LogP contribution in [0.3, 0.4) is 0 Å². The minimum absolute atomic E-state index is 0.311. The largest absolute Gasteiger partial charge is 0.495 e. The molecule has 0 fully saturated rings. The third-order valence-electron chi connectivity index (χ3n) is 2.76. The van der Waals surface area contributed by atoms with Gasteiger partial charge >= 0.3 is 0 Å². The number of carbonyl (C=O) groups is 1. The Morgan fingerprint density at radius 3 is 2.88 bits per heavy atom. The topological polar surface area (TPSA) is 77.3 Å². The lowest BCUT2D eigenvalue weighted by molar-refractivity contribution is -0.133. The summed E-state index contributed by atoms with van der Waals surface area (Å²) < 4.78 is 10.1. The normalized spacial score (nSPS) is 12.4. The Morgan fingerprint density at radius 1 is 1.47 bits per heavy atom. The Kier molecular flexibility index (Phi) is 2.91. The zero-order chi connectivity index (χ0) is 12.4. The lowest BCUT2D eigenvalue weighted by atomic mass is 10.1. The van der Waals surface area contributed by atoms with Crippen LogP contribution in [-0.2, 0) is 9.53 Å². The molecule has 1 aromatic carbocycles. The lowest BCUT2D eigenvalue weighted by Crippen LogP contribution is -1.97. The lowest BCUT2D eigenvalue weighted by Gasteiger charge is -2.09. The zero-order valence-electron chi connectivity index (χ0n) is 9.69. The van der Waals surface area contributed by atoms with E-state index in [0.717, 1.165) is 16.5 Å². The second-order valence-electron chi connectivity index (χ2n) is 3.76. The Labute approximate surface area is 98.5 Å². The molecule has 2 rings (SSSR count). The van der Waals surface area contributed by atoms with E-state index in [-0.39, 0.29) is 6.10 Å². The highest BCUT2D eigenvalue weighted by Gasteiger charge is 2.14. The Balaban J connectivity index is 2.55. The van der Waals surface area contributed by atoms with Crippen LogP contribution in [0.2, 0.25) is 0 Å². The summed E-state index contributed by atoms with van der Waals surface area (Å²) in [5.41, 5.74) is 8.16. The van der Waals surface area contributed by atoms with Gasteiger partial charge in [-0.15, -0.1) is 0 Å². The summed E-state index contributed by atoms with van der Waals surface area (Å²) in [6.07, 6.45) is 1.49. The van der Waals surface area contributed by atoms with Crippen LogP contribution in [0.5, 0.6) is 5.75 Å². The number of ether oxygens (including phenoxy) is 2. The van der Waals surface area contributed by atoms with Crippen molar-refractivity contribution in [2.45, 2.75) is 13.0 Å². The fourth-order valence-corrected chi connectivity index (χ4v) is 1.86. The van der Waals surface area contributed by atoms with Gasteiger partial charge in [0.1, 0.15) is 11.9 Å². The molecular formula is C12H14N2O3. The number of nitrogens with two attached hydrogens (primary N) is 1. The van der Waals surface area contributed by atoms with Crippen LogP contribution in [0, 0.1) is 0 Å².